The van der Waals surface area contributed by atoms with Crippen molar-refractivity contribution in [2.75, 3.05) is 11.4 Å². The van der Waals surface area contributed by atoms with E-state index in [0.717, 1.165) is 12.2 Å². The van der Waals surface area contributed by atoms with Gasteiger partial charge in [-0.2, -0.15) is 0 Å². The Balaban J connectivity index is 1.94. The number of nitrogens with two attached hydrogens (primary N) is 1. The number of hydrogen-bond donors (Lipinski definition) is 1. The lowest BCUT2D eigenvalue weighted by Crippen LogP contribution is -2.46. The third kappa shape index (κ3) is 1.57. The first-order chi connectivity index (χ1) is 8.55. The fraction of sp³-hybridized carbons (Fsp3) is 0.533. The number of nitrogens with zero attached hydrogens (tertiary/aromatic N) is 1. The molecule has 1 atom stereocenters. The molecule has 1 fully saturated rings. The lowest BCUT2D eigenvalue weighted by atomic mass is 9.99. The third-order valence-corrected chi connectivity index (χ3v) is 4.35. The number of carbonyl (C=O) groups excluding carboxylic acids is 1. The maximum Gasteiger partial charge on any atom is 0.244 e. The highest BCUT2D eigenvalue weighted by Crippen LogP contribution is 2.56. The van der Waals surface area contributed by atoms with Gasteiger partial charge >= 0.3 is 0 Å². The van der Waals surface area contributed by atoms with E-state index >= 15 is 0 Å². The Morgan fingerprint density at radius 2 is 2.00 bits per heavy atom. The molecule has 3 heteroatoms. The van der Waals surface area contributed by atoms with E-state index in [4.69, 9.17) is 5.73 Å². The van der Waals surface area contributed by atoms with Crippen LogP contribution in [0.15, 0.2) is 24.3 Å². The maximum absolute atomic E-state index is 12.5. The fourth-order valence-corrected chi connectivity index (χ4v) is 2.87. The van der Waals surface area contributed by atoms with Crippen molar-refractivity contribution in [1.29, 1.82) is 0 Å². The Hall–Kier alpha value is -1.35. The molecule has 0 radical (unpaired) electrons. The average Bonchev–Trinajstić information content (AvgIpc) is 3.07. The van der Waals surface area contributed by atoms with Gasteiger partial charge in [-0.15, -0.1) is 0 Å². The van der Waals surface area contributed by atoms with E-state index in [1.165, 1.54) is 18.4 Å². The molecule has 1 aromatic carbocycles. The van der Waals surface area contributed by atoms with Gasteiger partial charge in [-0.1, -0.05) is 32.0 Å². The molecule has 0 unspecified atom stereocenters. The Labute approximate surface area is 108 Å². The summed E-state index contributed by atoms with van der Waals surface area (Å²) in [5.74, 6) is 0.252. The van der Waals surface area contributed by atoms with Crippen molar-refractivity contribution >= 4 is 11.6 Å². The molecule has 0 aromatic heterocycles. The van der Waals surface area contributed by atoms with Gasteiger partial charge in [-0.25, -0.2) is 0 Å². The van der Waals surface area contributed by atoms with Gasteiger partial charge in [0, 0.05) is 17.6 Å². The highest BCUT2D eigenvalue weighted by atomic mass is 16.2. The van der Waals surface area contributed by atoms with E-state index in [1.807, 2.05) is 30.9 Å². The van der Waals surface area contributed by atoms with Crippen LogP contribution in [0.25, 0.3) is 0 Å². The van der Waals surface area contributed by atoms with Crippen LogP contribution in [0.1, 0.15) is 32.3 Å². The van der Waals surface area contributed by atoms with Gasteiger partial charge in [0.15, 0.2) is 0 Å². The minimum Gasteiger partial charge on any atom is -0.320 e. The predicted octanol–water partition coefficient (Wildman–Crippen LogP) is 2.05. The zero-order chi connectivity index (χ0) is 12.9. The minimum atomic E-state index is -0.396. The first kappa shape index (κ1) is 11.7. The third-order valence-electron chi connectivity index (χ3n) is 4.35. The van der Waals surface area contributed by atoms with Crippen LogP contribution in [0.2, 0.25) is 0 Å². The molecule has 1 heterocycles. The van der Waals surface area contributed by atoms with Gasteiger partial charge < -0.3 is 10.6 Å². The monoisotopic (exact) mass is 244 g/mol. The molecule has 1 amide bonds. The van der Waals surface area contributed by atoms with Gasteiger partial charge in [0.05, 0.1) is 6.04 Å². The van der Waals surface area contributed by atoms with Crippen molar-refractivity contribution in [1.82, 2.24) is 0 Å². The highest BCUT2D eigenvalue weighted by molar-refractivity contribution is 6.00. The Kier molecular flexibility index (Phi) is 2.49. The zero-order valence-corrected chi connectivity index (χ0v) is 11.0. The summed E-state index contributed by atoms with van der Waals surface area (Å²) in [6, 6.07) is 7.88. The number of rotatable bonds is 2. The maximum atomic E-state index is 12.5. The summed E-state index contributed by atoms with van der Waals surface area (Å²) in [7, 11) is 0. The first-order valence-electron chi connectivity index (χ1n) is 6.72. The molecule has 1 saturated carbocycles. The fourth-order valence-electron chi connectivity index (χ4n) is 2.87. The molecule has 1 aliphatic heterocycles. The largest absolute Gasteiger partial charge is 0.320 e. The molecule has 1 spiro atoms. The van der Waals surface area contributed by atoms with Crippen molar-refractivity contribution in [3.63, 3.8) is 0 Å². The Bertz CT molecular complexity index is 491. The van der Waals surface area contributed by atoms with Crippen LogP contribution >= 0.6 is 0 Å². The van der Waals surface area contributed by atoms with Crippen LogP contribution in [-0.4, -0.2) is 18.5 Å². The Morgan fingerprint density at radius 3 is 2.61 bits per heavy atom. The number of carbonyl (C=O) groups is 1. The van der Waals surface area contributed by atoms with E-state index in [0.29, 0.717) is 0 Å². The van der Waals surface area contributed by atoms with Crippen LogP contribution in [0, 0.1) is 5.92 Å². The molecule has 0 bridgehead atoms. The SMILES string of the molecule is CC(C)[C@H](N)C(=O)N1CC2(CC2)c2ccccc21. The predicted molar refractivity (Wildman–Crippen MR) is 72.5 cm³/mol. The molecule has 3 rings (SSSR count). The highest BCUT2D eigenvalue weighted by Gasteiger charge is 2.53. The summed E-state index contributed by atoms with van der Waals surface area (Å²) in [5, 5.41) is 0. The van der Waals surface area contributed by atoms with Gasteiger partial charge in [-0.05, 0) is 30.4 Å². The van der Waals surface area contributed by atoms with Crippen LogP contribution < -0.4 is 10.6 Å². The lowest BCUT2D eigenvalue weighted by molar-refractivity contribution is -0.120. The number of anilines is 1. The molecule has 2 N–H and O–H groups in total. The minimum absolute atomic E-state index is 0.0706. The number of hydrogen-bond acceptors (Lipinski definition) is 2. The molecular weight excluding hydrogens is 224 g/mol. The molecule has 1 aliphatic carbocycles. The Morgan fingerprint density at radius 1 is 1.33 bits per heavy atom. The molecule has 0 saturated heterocycles. The van der Waals surface area contributed by atoms with E-state index in [-0.39, 0.29) is 17.2 Å². The summed E-state index contributed by atoms with van der Waals surface area (Å²) in [5.41, 5.74) is 8.69. The van der Waals surface area contributed by atoms with Gasteiger partial charge in [0.2, 0.25) is 5.91 Å². The van der Waals surface area contributed by atoms with Crippen LogP contribution in [0.3, 0.4) is 0 Å². The van der Waals surface area contributed by atoms with Crippen molar-refractivity contribution in [2.45, 2.75) is 38.1 Å². The zero-order valence-electron chi connectivity index (χ0n) is 11.0. The standard InChI is InChI=1S/C15H20N2O/c1-10(2)13(16)14(18)17-9-15(7-8-15)11-5-3-4-6-12(11)17/h3-6,10,13H,7-9,16H2,1-2H3/t13-/m0/s1. The van der Waals surface area contributed by atoms with Crippen molar-refractivity contribution < 1.29 is 4.79 Å². The van der Waals surface area contributed by atoms with Gasteiger partial charge in [-0.3, -0.25) is 4.79 Å². The van der Waals surface area contributed by atoms with E-state index in [2.05, 4.69) is 12.1 Å². The number of benzene rings is 1. The average molecular weight is 244 g/mol. The molecule has 96 valence electrons. The van der Waals surface area contributed by atoms with Gasteiger partial charge in [0.1, 0.15) is 0 Å². The van der Waals surface area contributed by atoms with E-state index < -0.39 is 6.04 Å². The molecule has 3 nitrogen and oxygen atoms in total. The summed E-state index contributed by atoms with van der Waals surface area (Å²) >= 11 is 0. The first-order valence-corrected chi connectivity index (χ1v) is 6.72. The second-order valence-electron chi connectivity index (χ2n) is 5.99. The summed E-state index contributed by atoms with van der Waals surface area (Å²) < 4.78 is 0. The summed E-state index contributed by atoms with van der Waals surface area (Å²) in [6.45, 7) is 4.82. The molecular formula is C15H20N2O. The normalized spacial score (nSPS) is 21.2. The second kappa shape index (κ2) is 3.82. The smallest absolute Gasteiger partial charge is 0.244 e. The van der Waals surface area contributed by atoms with Crippen LogP contribution in [0.5, 0.6) is 0 Å². The number of para-hydroxylation sites is 1. The lowest BCUT2D eigenvalue weighted by Gasteiger charge is -2.24. The number of amides is 1. The van der Waals surface area contributed by atoms with Crippen molar-refractivity contribution in [2.24, 2.45) is 11.7 Å². The van der Waals surface area contributed by atoms with Crippen molar-refractivity contribution in [3.8, 4) is 0 Å². The molecule has 2 aliphatic rings. The molecule has 18 heavy (non-hydrogen) atoms. The topological polar surface area (TPSA) is 46.3 Å². The summed E-state index contributed by atoms with van der Waals surface area (Å²) in [4.78, 5) is 14.4. The quantitative estimate of drug-likeness (QED) is 0.865. The molecule has 1 aromatic rings. The van der Waals surface area contributed by atoms with Crippen LogP contribution in [-0.2, 0) is 10.2 Å². The van der Waals surface area contributed by atoms with Gasteiger partial charge in [0.25, 0.3) is 0 Å². The van der Waals surface area contributed by atoms with E-state index in [9.17, 15) is 4.79 Å². The van der Waals surface area contributed by atoms with Crippen molar-refractivity contribution in [3.05, 3.63) is 29.8 Å². The second-order valence-corrected chi connectivity index (χ2v) is 5.99. The number of fused-ring (bicyclic) bond motifs is 2. The van der Waals surface area contributed by atoms with E-state index in [1.54, 1.807) is 0 Å². The van der Waals surface area contributed by atoms with Crippen LogP contribution in [0.4, 0.5) is 5.69 Å². The summed E-state index contributed by atoms with van der Waals surface area (Å²) in [6.07, 6.45) is 2.40.